The third kappa shape index (κ3) is 10.7. The minimum atomic E-state index is -4.62. The molecule has 226 valence electrons. The molecule has 0 aliphatic heterocycles. The Hall–Kier alpha value is -3.58. The molecule has 2 rings (SSSR count). The summed E-state index contributed by atoms with van der Waals surface area (Å²) in [5.74, 6) is -0.231. The van der Waals surface area contributed by atoms with E-state index in [1.807, 2.05) is 13.8 Å². The van der Waals surface area contributed by atoms with Crippen LogP contribution in [-0.2, 0) is 10.0 Å². The molecular weight excluding hydrogens is 560 g/mol. The molecule has 0 saturated carbocycles. The minimum Gasteiger partial charge on any atom is -0.355 e. The quantitative estimate of drug-likeness (QED) is 0.144. The first kappa shape index (κ1) is 35.4. The first-order valence-electron chi connectivity index (χ1n) is 12.7. The van der Waals surface area contributed by atoms with Crippen LogP contribution in [0, 0.1) is 0 Å². The van der Waals surface area contributed by atoms with E-state index >= 15 is 0 Å². The van der Waals surface area contributed by atoms with E-state index in [-0.39, 0.29) is 46.6 Å². The third-order valence-electron chi connectivity index (χ3n) is 5.43. The fraction of sp³-hybridized carbons (Fsp3) is 0.393. The molecule has 1 atom stereocenters. The summed E-state index contributed by atoms with van der Waals surface area (Å²) in [6.45, 7) is 16.5. The van der Waals surface area contributed by atoms with Crippen LogP contribution < -0.4 is 15.8 Å². The number of anilines is 2. The SMILES string of the molecule is C=Cc1nc(NC/C=C(C)/C=C(\C(=C)C)S(N)(=O)=O)nc(NC(C)(C)C(F)(F)F)c1N=CC1=CCC(F)C=C1.CC. The summed E-state index contributed by atoms with van der Waals surface area (Å²) in [7, 11) is -3.98. The second-order valence-corrected chi connectivity index (χ2v) is 10.8. The average Bonchev–Trinajstić information content (AvgIpc) is 2.86. The number of hydrogen-bond acceptors (Lipinski definition) is 7. The van der Waals surface area contributed by atoms with Crippen molar-refractivity contribution >= 4 is 39.8 Å². The van der Waals surface area contributed by atoms with Gasteiger partial charge >= 0.3 is 6.18 Å². The number of alkyl halides is 4. The molecule has 1 aromatic rings. The Bertz CT molecular complexity index is 1370. The number of nitrogens with zero attached hydrogens (tertiary/aromatic N) is 3. The first-order valence-corrected chi connectivity index (χ1v) is 14.3. The second kappa shape index (κ2) is 14.9. The molecule has 0 radical (unpaired) electrons. The van der Waals surface area contributed by atoms with Crippen LogP contribution in [0.1, 0.15) is 53.7 Å². The molecule has 0 fully saturated rings. The Balaban J connectivity index is 0.00000411. The Morgan fingerprint density at radius 2 is 1.88 bits per heavy atom. The minimum absolute atomic E-state index is 0.0125. The normalized spacial score (nSPS) is 16.6. The van der Waals surface area contributed by atoms with Crippen molar-refractivity contribution in [2.75, 3.05) is 17.2 Å². The highest BCUT2D eigenvalue weighted by atomic mass is 32.2. The fourth-order valence-electron chi connectivity index (χ4n) is 3.14. The number of allylic oxidation sites excluding steroid dienone is 7. The van der Waals surface area contributed by atoms with E-state index in [4.69, 9.17) is 5.14 Å². The third-order valence-corrected chi connectivity index (χ3v) is 6.51. The van der Waals surface area contributed by atoms with Crippen LogP contribution in [0.2, 0.25) is 0 Å². The van der Waals surface area contributed by atoms with Crippen LogP contribution in [0.5, 0.6) is 0 Å². The monoisotopic (exact) mass is 598 g/mol. The van der Waals surface area contributed by atoms with Crippen LogP contribution in [0.15, 0.2) is 70.2 Å². The summed E-state index contributed by atoms with van der Waals surface area (Å²) in [6.07, 6.45) is 4.60. The molecule has 0 bridgehead atoms. The van der Waals surface area contributed by atoms with Crippen molar-refractivity contribution in [1.82, 2.24) is 9.97 Å². The van der Waals surface area contributed by atoms with Crippen molar-refractivity contribution in [3.63, 3.8) is 0 Å². The molecular formula is C28H38F4N6O2S. The van der Waals surface area contributed by atoms with E-state index in [0.29, 0.717) is 11.1 Å². The highest BCUT2D eigenvalue weighted by molar-refractivity contribution is 7.93. The van der Waals surface area contributed by atoms with Crippen LogP contribution in [0.4, 0.5) is 35.0 Å². The van der Waals surface area contributed by atoms with Gasteiger partial charge in [0.1, 0.15) is 17.4 Å². The van der Waals surface area contributed by atoms with Gasteiger partial charge in [0.2, 0.25) is 16.0 Å². The summed E-state index contributed by atoms with van der Waals surface area (Å²) in [5, 5.41) is 10.5. The molecule has 1 heterocycles. The lowest BCUT2D eigenvalue weighted by atomic mass is 10.1. The maximum atomic E-state index is 13.7. The summed E-state index contributed by atoms with van der Waals surface area (Å²) in [4.78, 5) is 12.7. The van der Waals surface area contributed by atoms with E-state index in [1.165, 1.54) is 37.4 Å². The van der Waals surface area contributed by atoms with Gasteiger partial charge in [-0.15, -0.1) is 0 Å². The van der Waals surface area contributed by atoms with Crippen LogP contribution in [0.3, 0.4) is 0 Å². The van der Waals surface area contributed by atoms with Gasteiger partial charge < -0.3 is 10.6 Å². The van der Waals surface area contributed by atoms with E-state index in [9.17, 15) is 26.0 Å². The lowest BCUT2D eigenvalue weighted by Gasteiger charge is -2.30. The van der Waals surface area contributed by atoms with Crippen molar-refractivity contribution in [1.29, 1.82) is 0 Å². The topological polar surface area (TPSA) is 122 Å². The Kier molecular flexibility index (Phi) is 12.9. The van der Waals surface area contributed by atoms with Crippen LogP contribution in [-0.4, -0.2) is 49.0 Å². The van der Waals surface area contributed by atoms with Gasteiger partial charge in [-0.3, -0.25) is 4.99 Å². The molecule has 8 nitrogen and oxygen atoms in total. The van der Waals surface area contributed by atoms with Crippen LogP contribution in [0.25, 0.3) is 6.08 Å². The van der Waals surface area contributed by atoms with Gasteiger partial charge in [0.05, 0.1) is 10.6 Å². The Morgan fingerprint density at radius 3 is 2.37 bits per heavy atom. The summed E-state index contributed by atoms with van der Waals surface area (Å²) < 4.78 is 77.9. The van der Waals surface area contributed by atoms with Crippen molar-refractivity contribution in [2.45, 2.75) is 65.9 Å². The number of hydrogen-bond donors (Lipinski definition) is 3. The standard InChI is InChI=1S/C26H32F4N6O2S.C2H6/c1-7-20-22(33-15-18-8-10-19(27)11-9-18)23(36-25(5,6)26(28,29)30)35-24(34-20)32-13-12-17(4)14-21(16(2)3)39(31,37)38;1-2/h7-10,12,14-15,19H,1-2,11,13H2,3-6H3,(H2,31,37,38)(H2,32,34,35,36);1-2H3/b17-12+,21-14+,33-15?;. The van der Waals surface area contributed by atoms with Crippen molar-refractivity contribution in [2.24, 2.45) is 10.1 Å². The average molecular weight is 599 g/mol. The molecule has 4 N–H and O–H groups in total. The van der Waals surface area contributed by atoms with Gasteiger partial charge in [-0.2, -0.15) is 18.2 Å². The lowest BCUT2D eigenvalue weighted by molar-refractivity contribution is -0.168. The lowest BCUT2D eigenvalue weighted by Crippen LogP contribution is -2.46. The largest absolute Gasteiger partial charge is 0.410 e. The van der Waals surface area contributed by atoms with E-state index in [1.54, 1.807) is 19.1 Å². The molecule has 1 aliphatic carbocycles. The molecule has 0 aromatic carbocycles. The van der Waals surface area contributed by atoms with E-state index in [2.05, 4.69) is 38.8 Å². The van der Waals surface area contributed by atoms with Crippen molar-refractivity contribution in [3.05, 3.63) is 70.9 Å². The Morgan fingerprint density at radius 1 is 1.24 bits per heavy atom. The van der Waals surface area contributed by atoms with Gasteiger partial charge in [-0.25, -0.2) is 22.9 Å². The van der Waals surface area contributed by atoms with E-state index < -0.39 is 27.9 Å². The fourth-order valence-corrected chi connectivity index (χ4v) is 3.97. The Labute approximate surface area is 239 Å². The number of nitrogens with one attached hydrogen (secondary N) is 2. The predicted molar refractivity (Wildman–Crippen MR) is 160 cm³/mol. The molecule has 1 aromatic heterocycles. The number of primary sulfonamides is 1. The molecule has 1 aliphatic rings. The van der Waals surface area contributed by atoms with Crippen molar-refractivity contribution < 1.29 is 26.0 Å². The van der Waals surface area contributed by atoms with Gasteiger partial charge in [0.25, 0.3) is 0 Å². The maximum Gasteiger partial charge on any atom is 0.410 e. The number of rotatable bonds is 11. The van der Waals surface area contributed by atoms with Gasteiger partial charge in [0, 0.05) is 19.2 Å². The zero-order valence-electron chi connectivity index (χ0n) is 24.1. The second-order valence-electron chi connectivity index (χ2n) is 9.32. The predicted octanol–water partition coefficient (Wildman–Crippen LogP) is 6.93. The van der Waals surface area contributed by atoms with Crippen molar-refractivity contribution in [3.8, 4) is 0 Å². The maximum absolute atomic E-state index is 13.7. The molecule has 0 amide bonds. The summed E-state index contributed by atoms with van der Waals surface area (Å²) >= 11 is 0. The zero-order chi connectivity index (χ0) is 31.6. The smallest absolute Gasteiger partial charge is 0.355 e. The van der Waals surface area contributed by atoms with Crippen LogP contribution >= 0.6 is 0 Å². The molecule has 0 saturated heterocycles. The highest BCUT2D eigenvalue weighted by Crippen LogP contribution is 2.37. The summed E-state index contributed by atoms with van der Waals surface area (Å²) in [5.41, 5.74) is -0.850. The number of nitrogens with two attached hydrogens (primary N) is 1. The summed E-state index contributed by atoms with van der Waals surface area (Å²) in [6, 6.07) is 0. The number of aromatic nitrogens is 2. The molecule has 1 unspecified atom stereocenters. The zero-order valence-corrected chi connectivity index (χ0v) is 24.9. The van der Waals surface area contributed by atoms with E-state index in [0.717, 1.165) is 13.8 Å². The van der Waals surface area contributed by atoms with Gasteiger partial charge in [0.15, 0.2) is 5.82 Å². The number of sulfonamides is 1. The first-order chi connectivity index (χ1) is 18.9. The molecule has 13 heteroatoms. The molecule has 41 heavy (non-hydrogen) atoms. The number of aliphatic imine (C=N–C) groups is 1. The molecule has 0 spiro atoms. The van der Waals surface area contributed by atoms with Gasteiger partial charge in [-0.05, 0) is 57.1 Å². The highest BCUT2D eigenvalue weighted by Gasteiger charge is 2.48. The van der Waals surface area contributed by atoms with Gasteiger partial charge in [-0.1, -0.05) is 50.8 Å². The number of halogens is 4.